The minimum atomic E-state index is -0.870. The molecule has 12 heteroatoms. The van der Waals surface area contributed by atoms with Gasteiger partial charge in [0.15, 0.2) is 0 Å². The first kappa shape index (κ1) is 31.2. The van der Waals surface area contributed by atoms with Gasteiger partial charge in [-0.2, -0.15) is 0 Å². The van der Waals surface area contributed by atoms with E-state index in [2.05, 4.69) is 10.6 Å². The van der Waals surface area contributed by atoms with Gasteiger partial charge in [-0.05, 0) is 0 Å². The summed E-state index contributed by atoms with van der Waals surface area (Å²) in [6.07, 6.45) is -1.44. The van der Waals surface area contributed by atoms with E-state index in [1.54, 1.807) is 13.8 Å². The van der Waals surface area contributed by atoms with E-state index in [1.165, 1.54) is 0 Å². The van der Waals surface area contributed by atoms with Gasteiger partial charge in [0.05, 0.1) is 0 Å². The Kier molecular flexibility index (Phi) is 15.0. The second-order valence-corrected chi connectivity index (χ2v) is 15.1. The molecule has 2 N–H and O–H groups in total. The number of hydrogen-bond donors (Lipinski definition) is 2. The normalized spacial score (nSPS) is 11.9. The summed E-state index contributed by atoms with van der Waals surface area (Å²) in [5.74, 6) is -1.10. The Morgan fingerprint density at radius 3 is 1.34 bits per heavy atom. The molecule has 0 aromatic heterocycles. The van der Waals surface area contributed by atoms with Crippen molar-refractivity contribution in [2.24, 2.45) is 0 Å². The second kappa shape index (κ2) is 18.3. The van der Waals surface area contributed by atoms with Crippen molar-refractivity contribution in [3.63, 3.8) is 0 Å². The van der Waals surface area contributed by atoms with Crippen molar-refractivity contribution < 1.29 is 38.1 Å². The summed E-state index contributed by atoms with van der Waals surface area (Å²) in [6, 6.07) is 16.6. The molecule has 0 saturated carbocycles. The average Bonchev–Trinajstić information content (AvgIpc) is 2.93. The third-order valence-electron chi connectivity index (χ3n) is 4.70. The fourth-order valence-corrected chi connectivity index (χ4v) is 9.83. The molecule has 0 bridgehead atoms. The van der Waals surface area contributed by atoms with E-state index >= 15 is 0 Å². The van der Waals surface area contributed by atoms with E-state index in [0.717, 1.165) is 11.1 Å². The summed E-state index contributed by atoms with van der Waals surface area (Å²) in [5, 5.41) is 5.85. The summed E-state index contributed by atoms with van der Waals surface area (Å²) < 4.78 is 20.6. The van der Waals surface area contributed by atoms with Crippen LogP contribution in [0, 0.1) is 0 Å². The maximum absolute atomic E-state index is 12.4. The number of esters is 2. The predicted molar refractivity (Wildman–Crippen MR) is 141 cm³/mol. The van der Waals surface area contributed by atoms with Gasteiger partial charge < -0.3 is 0 Å². The number of ether oxygens (including phenoxy) is 4. The van der Waals surface area contributed by atoms with Gasteiger partial charge in [0.2, 0.25) is 0 Å². The number of amides is 2. The number of rotatable bonds is 15. The van der Waals surface area contributed by atoms with Crippen molar-refractivity contribution in [2.45, 2.75) is 49.8 Å². The van der Waals surface area contributed by atoms with Crippen molar-refractivity contribution in [3.05, 3.63) is 71.8 Å². The monoisotopic (exact) mass is 660 g/mol. The average molecular weight is 658 g/mol. The van der Waals surface area contributed by atoms with Gasteiger partial charge in [0.25, 0.3) is 0 Å². The molecular formula is C26H32N2O8Se2. The van der Waals surface area contributed by atoms with Gasteiger partial charge in [-0.3, -0.25) is 0 Å². The van der Waals surface area contributed by atoms with Crippen LogP contribution < -0.4 is 10.6 Å². The molecule has 2 aromatic carbocycles. The van der Waals surface area contributed by atoms with E-state index in [0.29, 0.717) is 10.6 Å². The summed E-state index contributed by atoms with van der Waals surface area (Å²) in [6.45, 7) is 3.87. The third-order valence-corrected chi connectivity index (χ3v) is 11.8. The number of carbonyl (C=O) groups excluding carboxylic acids is 4. The van der Waals surface area contributed by atoms with Gasteiger partial charge in [-0.15, -0.1) is 0 Å². The number of benzene rings is 2. The van der Waals surface area contributed by atoms with Gasteiger partial charge in [0.1, 0.15) is 0 Å². The van der Waals surface area contributed by atoms with Crippen LogP contribution >= 0.6 is 0 Å². The molecule has 206 valence electrons. The second-order valence-electron chi connectivity index (χ2n) is 7.59. The van der Waals surface area contributed by atoms with Gasteiger partial charge in [0, 0.05) is 0 Å². The van der Waals surface area contributed by atoms with Crippen LogP contribution in [-0.2, 0) is 41.8 Å². The Balaban J connectivity index is 1.84. The van der Waals surface area contributed by atoms with Gasteiger partial charge >= 0.3 is 234 Å². The molecule has 38 heavy (non-hydrogen) atoms. The molecule has 2 rings (SSSR count). The predicted octanol–water partition coefficient (Wildman–Crippen LogP) is 2.86. The Hall–Kier alpha value is -3.04. The molecule has 0 aliphatic rings. The molecule has 0 fully saturated rings. The van der Waals surface area contributed by atoms with E-state index in [1.807, 2.05) is 60.7 Å². The first-order valence-electron chi connectivity index (χ1n) is 11.9. The van der Waals surface area contributed by atoms with E-state index < -0.39 is 36.2 Å². The van der Waals surface area contributed by atoms with Crippen LogP contribution in [0.5, 0.6) is 0 Å². The van der Waals surface area contributed by atoms with Crippen LogP contribution in [0.15, 0.2) is 60.7 Å². The molecule has 0 heterocycles. The fraction of sp³-hybridized carbons (Fsp3) is 0.385. The van der Waals surface area contributed by atoms with Crippen molar-refractivity contribution in [1.82, 2.24) is 10.6 Å². The number of carbonyl (C=O) groups is 4. The molecule has 0 radical (unpaired) electrons. The zero-order valence-electron chi connectivity index (χ0n) is 21.3. The third kappa shape index (κ3) is 12.5. The summed E-state index contributed by atoms with van der Waals surface area (Å²) >= 11 is -0.227. The first-order valence-corrected chi connectivity index (χ1v) is 18.7. The van der Waals surface area contributed by atoms with Crippen molar-refractivity contribution in [3.8, 4) is 0 Å². The summed E-state index contributed by atoms with van der Waals surface area (Å²) in [4.78, 5) is 49.3. The van der Waals surface area contributed by atoms with Crippen molar-refractivity contribution in [1.29, 1.82) is 0 Å². The van der Waals surface area contributed by atoms with Crippen molar-refractivity contribution >= 4 is 50.4 Å². The van der Waals surface area contributed by atoms with Crippen LogP contribution in [-0.4, -0.2) is 75.7 Å². The Morgan fingerprint density at radius 2 is 1.00 bits per heavy atom. The first-order chi connectivity index (χ1) is 18.4. The molecule has 2 aromatic rings. The van der Waals surface area contributed by atoms with E-state index in [-0.39, 0.29) is 52.7 Å². The minimum absolute atomic E-state index is 0.0740. The van der Waals surface area contributed by atoms with Gasteiger partial charge in [-0.25, -0.2) is 0 Å². The van der Waals surface area contributed by atoms with Crippen LogP contribution in [0.4, 0.5) is 9.59 Å². The topological polar surface area (TPSA) is 129 Å². The number of alkyl carbamates (subject to hydrolysis) is 2. The molecule has 0 aliphatic heterocycles. The zero-order valence-corrected chi connectivity index (χ0v) is 24.7. The molecular weight excluding hydrogens is 626 g/mol. The maximum atomic E-state index is 12.4. The van der Waals surface area contributed by atoms with Crippen LogP contribution in [0.25, 0.3) is 0 Å². The van der Waals surface area contributed by atoms with E-state index in [4.69, 9.17) is 18.9 Å². The molecule has 0 spiro atoms. The Labute approximate surface area is 233 Å². The summed E-state index contributed by atoms with van der Waals surface area (Å²) in [7, 11) is 0. The standard InChI is InChI=1S/C26H32N2O8Se2/c1-3-33-23(29)21(27-25(31)35-15-19-11-7-5-8-12-19)17-37-38-18-22(24(30)34-4-2)28-26(32)36-16-20-13-9-6-10-14-20/h5-14,21-22H,3-4,15-18H2,1-2H3,(H,27,31)(H,28,32)/t21-,22-/m0/s1. The Morgan fingerprint density at radius 1 is 0.632 bits per heavy atom. The van der Waals surface area contributed by atoms with E-state index in [9.17, 15) is 19.2 Å². The van der Waals surface area contributed by atoms with Crippen LogP contribution in [0.2, 0.25) is 10.6 Å². The van der Waals surface area contributed by atoms with Crippen LogP contribution in [0.3, 0.4) is 0 Å². The zero-order chi connectivity index (χ0) is 27.6. The number of hydrogen-bond acceptors (Lipinski definition) is 8. The molecule has 0 unspecified atom stereocenters. The molecule has 2 amide bonds. The molecule has 2 atom stereocenters. The molecule has 0 aliphatic carbocycles. The van der Waals surface area contributed by atoms with Crippen molar-refractivity contribution in [2.75, 3.05) is 13.2 Å². The SMILES string of the molecule is CCOC(=O)[C@H](C[Se][Se]C[C@H](NC(=O)OCc1ccccc1)C(=O)OCC)NC(=O)OCc1ccccc1. The van der Waals surface area contributed by atoms with Gasteiger partial charge in [-0.1, -0.05) is 0 Å². The molecule has 10 nitrogen and oxygen atoms in total. The van der Waals surface area contributed by atoms with Crippen LogP contribution in [0.1, 0.15) is 25.0 Å². The summed E-state index contributed by atoms with van der Waals surface area (Å²) in [5.41, 5.74) is 1.64. The quantitative estimate of drug-likeness (QED) is 0.130. The number of nitrogens with one attached hydrogen (secondary N) is 2. The fourth-order valence-electron chi connectivity index (χ4n) is 2.87. The Bertz CT molecular complexity index is 929. The molecule has 0 saturated heterocycles.